The van der Waals surface area contributed by atoms with E-state index in [9.17, 15) is 4.79 Å². The topological polar surface area (TPSA) is 43.7 Å². The zero-order chi connectivity index (χ0) is 21.5. The fraction of sp³-hybridized carbons (Fsp3) is 0.192. The van der Waals surface area contributed by atoms with Crippen LogP contribution in [0.25, 0.3) is 10.9 Å². The van der Waals surface area contributed by atoms with Crippen LogP contribution in [0.3, 0.4) is 0 Å². The van der Waals surface area contributed by atoms with Crippen LogP contribution in [0, 0.1) is 0 Å². The van der Waals surface area contributed by atoms with Crippen LogP contribution in [-0.2, 0) is 7.05 Å². The smallest absolute Gasteiger partial charge is 0.276 e. The van der Waals surface area contributed by atoms with E-state index in [1.807, 2.05) is 72.0 Å². The van der Waals surface area contributed by atoms with Gasteiger partial charge in [0.2, 0.25) is 0 Å². The number of ether oxygens (including phenoxy) is 2. The minimum Gasteiger partial charge on any atom is -0.497 e. The summed E-state index contributed by atoms with van der Waals surface area (Å²) in [7, 11) is 3.60. The number of amides is 1. The van der Waals surface area contributed by atoms with E-state index >= 15 is 0 Å². The van der Waals surface area contributed by atoms with E-state index in [1.165, 1.54) is 0 Å². The molecule has 5 nitrogen and oxygen atoms in total. The number of nitrogens with zero attached hydrogens (tertiary/aromatic N) is 2. The first kappa shape index (κ1) is 19.2. The summed E-state index contributed by atoms with van der Waals surface area (Å²) < 4.78 is 12.9. The molecule has 0 aliphatic carbocycles. The quantitative estimate of drug-likeness (QED) is 0.445. The zero-order valence-corrected chi connectivity index (χ0v) is 17.8. The van der Waals surface area contributed by atoms with Gasteiger partial charge in [-0.25, -0.2) is 0 Å². The van der Waals surface area contributed by atoms with E-state index < -0.39 is 0 Å². The third-order valence-corrected chi connectivity index (χ3v) is 5.96. The van der Waals surface area contributed by atoms with Gasteiger partial charge >= 0.3 is 0 Å². The normalized spacial score (nSPS) is 15.4. The Bertz CT molecular complexity index is 1260. The van der Waals surface area contributed by atoms with Crippen molar-refractivity contribution in [2.45, 2.75) is 13.0 Å². The Morgan fingerprint density at radius 1 is 0.903 bits per heavy atom. The van der Waals surface area contributed by atoms with Gasteiger partial charge in [-0.1, -0.05) is 30.3 Å². The van der Waals surface area contributed by atoms with E-state index in [0.29, 0.717) is 6.61 Å². The highest BCUT2D eigenvalue weighted by Crippen LogP contribution is 2.46. The first-order valence-electron chi connectivity index (χ1n) is 10.4. The summed E-state index contributed by atoms with van der Waals surface area (Å²) in [5, 5.41) is 1.10. The summed E-state index contributed by atoms with van der Waals surface area (Å²) in [5.41, 5.74) is 4.72. The van der Waals surface area contributed by atoms with Crippen molar-refractivity contribution < 1.29 is 14.3 Å². The molecule has 4 aromatic rings. The number of aromatic nitrogens is 1. The van der Waals surface area contributed by atoms with Crippen molar-refractivity contribution in [3.8, 4) is 11.5 Å². The molecule has 0 saturated heterocycles. The fourth-order valence-electron chi connectivity index (χ4n) is 4.56. The van der Waals surface area contributed by atoms with Crippen LogP contribution in [-0.4, -0.2) is 24.2 Å². The Balaban J connectivity index is 1.71. The summed E-state index contributed by atoms with van der Waals surface area (Å²) in [4.78, 5) is 15.6. The van der Waals surface area contributed by atoms with Crippen molar-refractivity contribution in [1.82, 2.24) is 4.57 Å². The molecule has 156 valence electrons. The van der Waals surface area contributed by atoms with E-state index in [2.05, 4.69) is 24.3 Å². The number of para-hydroxylation sites is 1. The Kier molecular flexibility index (Phi) is 4.66. The molecule has 0 N–H and O–H groups in total. The number of methoxy groups -OCH3 is 1. The van der Waals surface area contributed by atoms with Crippen LogP contribution in [0.2, 0.25) is 0 Å². The average molecular weight is 412 g/mol. The summed E-state index contributed by atoms with van der Waals surface area (Å²) in [6.07, 6.45) is 0. The number of anilines is 1. The van der Waals surface area contributed by atoms with E-state index in [-0.39, 0.29) is 11.9 Å². The molecule has 1 amide bonds. The van der Waals surface area contributed by atoms with Crippen LogP contribution >= 0.6 is 0 Å². The standard InChI is InChI=1S/C26H24N2O3/c1-4-31-20-13-9-17(10-14-20)24-23-21-7-5-6-8-22(21)27(2)25(23)26(29)28(24)18-11-15-19(30-3)16-12-18/h5-16,24H,4H2,1-3H3/t24-/m0/s1. The monoisotopic (exact) mass is 412 g/mol. The molecule has 2 heterocycles. The van der Waals surface area contributed by atoms with Gasteiger partial charge in [0.05, 0.1) is 19.8 Å². The molecule has 0 unspecified atom stereocenters. The highest BCUT2D eigenvalue weighted by Gasteiger charge is 2.42. The predicted molar refractivity (Wildman–Crippen MR) is 122 cm³/mol. The third kappa shape index (κ3) is 2.96. The van der Waals surface area contributed by atoms with Crippen molar-refractivity contribution in [3.05, 3.63) is 89.6 Å². The molecule has 0 fully saturated rings. The fourth-order valence-corrected chi connectivity index (χ4v) is 4.56. The lowest BCUT2D eigenvalue weighted by molar-refractivity contribution is 0.0986. The Hall–Kier alpha value is -3.73. The van der Waals surface area contributed by atoms with Gasteiger partial charge in [0.25, 0.3) is 5.91 Å². The lowest BCUT2D eigenvalue weighted by Crippen LogP contribution is -2.29. The van der Waals surface area contributed by atoms with Crippen molar-refractivity contribution in [3.63, 3.8) is 0 Å². The number of rotatable bonds is 5. The van der Waals surface area contributed by atoms with Crippen molar-refractivity contribution in [1.29, 1.82) is 0 Å². The van der Waals surface area contributed by atoms with Crippen molar-refractivity contribution in [2.75, 3.05) is 18.6 Å². The molecule has 5 heteroatoms. The van der Waals surface area contributed by atoms with Crippen molar-refractivity contribution in [2.24, 2.45) is 7.05 Å². The van der Waals surface area contributed by atoms with E-state index in [1.54, 1.807) is 7.11 Å². The first-order chi connectivity index (χ1) is 15.1. The molecular formula is C26H24N2O3. The SMILES string of the molecule is CCOc1ccc([C@H]2c3c(n(C)c4ccccc34)C(=O)N2c2ccc(OC)cc2)cc1. The molecule has 3 aromatic carbocycles. The molecule has 0 radical (unpaired) electrons. The highest BCUT2D eigenvalue weighted by molar-refractivity contribution is 6.15. The van der Waals surface area contributed by atoms with Crippen molar-refractivity contribution >= 4 is 22.5 Å². The van der Waals surface area contributed by atoms with E-state index in [4.69, 9.17) is 9.47 Å². The second-order valence-electron chi connectivity index (χ2n) is 7.62. The number of hydrogen-bond acceptors (Lipinski definition) is 3. The summed E-state index contributed by atoms with van der Waals surface area (Å²) in [6, 6.07) is 23.7. The molecule has 1 aliphatic rings. The summed E-state index contributed by atoms with van der Waals surface area (Å²) in [6.45, 7) is 2.59. The van der Waals surface area contributed by atoms with E-state index in [0.717, 1.165) is 44.9 Å². The van der Waals surface area contributed by atoms with Crippen LogP contribution in [0.4, 0.5) is 5.69 Å². The van der Waals surface area contributed by atoms with Crippen LogP contribution < -0.4 is 14.4 Å². The first-order valence-corrected chi connectivity index (χ1v) is 10.4. The predicted octanol–water partition coefficient (Wildman–Crippen LogP) is 5.34. The van der Waals surface area contributed by atoms with Gasteiger partial charge in [-0.05, 0) is 55.0 Å². The number of benzene rings is 3. The van der Waals surface area contributed by atoms with Gasteiger partial charge in [0.15, 0.2) is 0 Å². The number of aryl methyl sites for hydroxylation is 1. The molecule has 1 aromatic heterocycles. The van der Waals surface area contributed by atoms with Crippen LogP contribution in [0.1, 0.15) is 34.6 Å². The number of fused-ring (bicyclic) bond motifs is 3. The zero-order valence-electron chi connectivity index (χ0n) is 17.8. The minimum atomic E-state index is -0.224. The molecule has 5 rings (SSSR count). The minimum absolute atomic E-state index is 0.00208. The largest absolute Gasteiger partial charge is 0.497 e. The van der Waals surface area contributed by atoms with Gasteiger partial charge in [-0.15, -0.1) is 0 Å². The Labute approximate surface area is 181 Å². The van der Waals surface area contributed by atoms with Gasteiger partial charge < -0.3 is 14.0 Å². The average Bonchev–Trinajstić information content (AvgIpc) is 3.27. The van der Waals surface area contributed by atoms with Crippen LogP contribution in [0.5, 0.6) is 11.5 Å². The third-order valence-electron chi connectivity index (χ3n) is 5.96. The molecule has 0 saturated carbocycles. The number of carbonyl (C=O) groups is 1. The van der Waals surface area contributed by atoms with Gasteiger partial charge in [-0.3, -0.25) is 9.69 Å². The summed E-state index contributed by atoms with van der Waals surface area (Å²) in [5.74, 6) is 1.58. The second-order valence-corrected chi connectivity index (χ2v) is 7.62. The maximum atomic E-state index is 13.7. The molecule has 31 heavy (non-hydrogen) atoms. The summed E-state index contributed by atoms with van der Waals surface area (Å²) >= 11 is 0. The Morgan fingerprint density at radius 3 is 2.26 bits per heavy atom. The highest BCUT2D eigenvalue weighted by atomic mass is 16.5. The molecule has 0 spiro atoms. The lowest BCUT2D eigenvalue weighted by atomic mass is 9.97. The number of hydrogen-bond donors (Lipinski definition) is 0. The van der Waals surface area contributed by atoms with Gasteiger partial charge in [0.1, 0.15) is 17.2 Å². The second kappa shape index (κ2) is 7.51. The Morgan fingerprint density at radius 2 is 1.58 bits per heavy atom. The maximum Gasteiger partial charge on any atom is 0.276 e. The molecular weight excluding hydrogens is 388 g/mol. The number of carbonyl (C=O) groups excluding carboxylic acids is 1. The van der Waals surface area contributed by atoms with Gasteiger partial charge in [-0.2, -0.15) is 0 Å². The van der Waals surface area contributed by atoms with Gasteiger partial charge in [0, 0.05) is 29.2 Å². The maximum absolute atomic E-state index is 13.7. The lowest BCUT2D eigenvalue weighted by Gasteiger charge is -2.27. The molecule has 1 aliphatic heterocycles. The molecule has 1 atom stereocenters. The van der Waals surface area contributed by atoms with Crippen LogP contribution in [0.15, 0.2) is 72.8 Å². The molecule has 0 bridgehead atoms.